The fourth-order valence-electron chi connectivity index (χ4n) is 1.17. The summed E-state index contributed by atoms with van der Waals surface area (Å²) in [5.41, 5.74) is 0.556. The molecule has 0 saturated heterocycles. The monoisotopic (exact) mass is 374 g/mol. The van der Waals surface area contributed by atoms with Crippen molar-refractivity contribution in [2.45, 2.75) is 16.3 Å². The largest absolute Gasteiger partial charge is 0.386 e. The number of sulfone groups is 1. The van der Waals surface area contributed by atoms with Crippen LogP contribution in [-0.4, -0.2) is 22.5 Å². The molecule has 16 heavy (non-hydrogen) atoms. The lowest BCUT2D eigenvalue weighted by Gasteiger charge is -2.17. The van der Waals surface area contributed by atoms with Crippen molar-refractivity contribution in [2.24, 2.45) is 0 Å². The molecule has 0 aliphatic rings. The van der Waals surface area contributed by atoms with Gasteiger partial charge in [0.25, 0.3) is 0 Å². The lowest BCUT2D eigenvalue weighted by atomic mass is 10.1. The van der Waals surface area contributed by atoms with Gasteiger partial charge in [-0.15, -0.1) is 0 Å². The van der Waals surface area contributed by atoms with E-state index in [1.54, 1.807) is 53.8 Å². The number of aliphatic hydroxyl groups is 1. The van der Waals surface area contributed by atoms with Crippen LogP contribution in [0, 0.1) is 0 Å². The summed E-state index contributed by atoms with van der Waals surface area (Å²) in [6.45, 7) is 1.57. The fourth-order valence-corrected chi connectivity index (χ4v) is 3.66. The van der Waals surface area contributed by atoms with Crippen molar-refractivity contribution in [1.82, 2.24) is 0 Å². The summed E-state index contributed by atoms with van der Waals surface area (Å²) in [4.78, 5) is 0. The molecular formula is C10H12ClIO3S. The Bertz CT molecular complexity index is 444. The van der Waals surface area contributed by atoms with Gasteiger partial charge < -0.3 is 5.11 Å². The molecule has 1 rings (SSSR count). The van der Waals surface area contributed by atoms with Crippen LogP contribution in [0.5, 0.6) is 0 Å². The molecule has 1 aromatic carbocycles. The predicted molar refractivity (Wildman–Crippen MR) is 73.7 cm³/mol. The smallest absolute Gasteiger partial charge is 0.164 e. The minimum absolute atomic E-state index is 0.0191. The van der Waals surface area contributed by atoms with E-state index in [1.165, 1.54) is 0 Å². The third-order valence-electron chi connectivity index (χ3n) is 2.21. The Labute approximate surface area is 114 Å². The van der Waals surface area contributed by atoms with E-state index in [0.717, 1.165) is 0 Å². The Balaban J connectivity index is 2.94. The van der Waals surface area contributed by atoms with Crippen LogP contribution in [0.2, 0.25) is 5.02 Å². The Hall–Kier alpha value is 0.150. The number of alkyl halides is 1. The number of rotatable bonds is 4. The molecule has 0 fully saturated rings. The normalized spacial score (nSPS) is 15.8. The first kappa shape index (κ1) is 14.2. The van der Waals surface area contributed by atoms with Gasteiger partial charge in [0.15, 0.2) is 9.84 Å². The molecule has 3 nitrogen and oxygen atoms in total. The van der Waals surface area contributed by atoms with Crippen molar-refractivity contribution >= 4 is 44.0 Å². The summed E-state index contributed by atoms with van der Waals surface area (Å²) in [6, 6.07) is 6.51. The van der Waals surface area contributed by atoms with Gasteiger partial charge in [-0.25, -0.2) is 8.42 Å². The van der Waals surface area contributed by atoms with Crippen molar-refractivity contribution in [3.8, 4) is 0 Å². The Morgan fingerprint density at radius 1 is 1.38 bits per heavy atom. The summed E-state index contributed by atoms with van der Waals surface area (Å²) >= 11 is 7.46. The Morgan fingerprint density at radius 3 is 2.31 bits per heavy atom. The number of halogens is 2. The number of aliphatic hydroxyl groups excluding tert-OH is 1. The highest BCUT2D eigenvalue weighted by Crippen LogP contribution is 2.28. The molecule has 0 radical (unpaired) electrons. The topological polar surface area (TPSA) is 54.4 Å². The third kappa shape index (κ3) is 3.32. The van der Waals surface area contributed by atoms with Crippen LogP contribution in [0.1, 0.15) is 18.6 Å². The van der Waals surface area contributed by atoms with E-state index >= 15 is 0 Å². The van der Waals surface area contributed by atoms with Crippen molar-refractivity contribution in [3.05, 3.63) is 34.9 Å². The second-order valence-electron chi connectivity index (χ2n) is 3.30. The van der Waals surface area contributed by atoms with Crippen LogP contribution in [0.4, 0.5) is 0 Å². The minimum Gasteiger partial charge on any atom is -0.386 e. The van der Waals surface area contributed by atoms with Crippen LogP contribution in [0.15, 0.2) is 24.3 Å². The maximum absolute atomic E-state index is 11.6. The van der Waals surface area contributed by atoms with Gasteiger partial charge in [0.05, 0.1) is 0 Å². The second-order valence-corrected chi connectivity index (χ2v) is 8.33. The molecule has 0 aliphatic carbocycles. The summed E-state index contributed by atoms with van der Waals surface area (Å²) in [7, 11) is -3.25. The SMILES string of the molecule is CCS(=O)(=O)[C@H](I)[C@@H](O)c1ccc(Cl)cc1. The molecule has 6 heteroatoms. The molecule has 0 heterocycles. The minimum atomic E-state index is -3.25. The highest BCUT2D eigenvalue weighted by atomic mass is 127. The van der Waals surface area contributed by atoms with Crippen LogP contribution >= 0.6 is 34.2 Å². The lowest BCUT2D eigenvalue weighted by Crippen LogP contribution is -2.24. The first-order valence-electron chi connectivity index (χ1n) is 4.67. The zero-order chi connectivity index (χ0) is 12.3. The Morgan fingerprint density at radius 2 is 1.88 bits per heavy atom. The lowest BCUT2D eigenvalue weighted by molar-refractivity contribution is 0.197. The van der Waals surface area contributed by atoms with Crippen molar-refractivity contribution in [1.29, 1.82) is 0 Å². The molecular weight excluding hydrogens is 363 g/mol. The maximum Gasteiger partial charge on any atom is 0.164 e. The summed E-state index contributed by atoms with van der Waals surface area (Å²) in [5.74, 6) is 0.0191. The molecule has 0 spiro atoms. The molecule has 0 aromatic heterocycles. The van der Waals surface area contributed by atoms with Gasteiger partial charge in [-0.1, -0.05) is 53.2 Å². The van der Waals surface area contributed by atoms with Gasteiger partial charge in [-0.05, 0) is 17.7 Å². The molecule has 1 aromatic rings. The van der Waals surface area contributed by atoms with Crippen LogP contribution in [0.25, 0.3) is 0 Å². The van der Waals surface area contributed by atoms with E-state index in [0.29, 0.717) is 10.6 Å². The molecule has 1 N–H and O–H groups in total. The number of hydrogen-bond donors (Lipinski definition) is 1. The van der Waals surface area contributed by atoms with E-state index in [4.69, 9.17) is 11.6 Å². The van der Waals surface area contributed by atoms with E-state index in [2.05, 4.69) is 0 Å². The van der Waals surface area contributed by atoms with Crippen molar-refractivity contribution < 1.29 is 13.5 Å². The zero-order valence-corrected chi connectivity index (χ0v) is 12.3. The van der Waals surface area contributed by atoms with Gasteiger partial charge in [-0.2, -0.15) is 0 Å². The summed E-state index contributed by atoms with van der Waals surface area (Å²) < 4.78 is 22.3. The summed E-state index contributed by atoms with van der Waals surface area (Å²) in [6.07, 6.45) is -1.03. The zero-order valence-electron chi connectivity index (χ0n) is 8.60. The molecule has 2 atom stereocenters. The van der Waals surface area contributed by atoms with Gasteiger partial charge >= 0.3 is 0 Å². The first-order chi connectivity index (χ1) is 7.38. The first-order valence-corrected chi connectivity index (χ1v) is 8.01. The highest BCUT2D eigenvalue weighted by Gasteiger charge is 2.29. The average molecular weight is 375 g/mol. The van der Waals surface area contributed by atoms with Crippen LogP contribution < -0.4 is 0 Å². The van der Waals surface area contributed by atoms with Gasteiger partial charge in [-0.3, -0.25) is 0 Å². The average Bonchev–Trinajstić information content (AvgIpc) is 2.28. The molecule has 0 amide bonds. The number of hydrogen-bond acceptors (Lipinski definition) is 3. The van der Waals surface area contributed by atoms with Crippen LogP contribution in [-0.2, 0) is 9.84 Å². The highest BCUT2D eigenvalue weighted by molar-refractivity contribution is 14.1. The predicted octanol–water partition coefficient (Wildman–Crippen LogP) is 2.57. The van der Waals surface area contributed by atoms with Gasteiger partial charge in [0.2, 0.25) is 0 Å². The molecule has 90 valence electrons. The third-order valence-corrected chi connectivity index (χ3v) is 7.21. The molecule has 0 unspecified atom stereocenters. The molecule has 0 saturated carbocycles. The van der Waals surface area contributed by atoms with Gasteiger partial charge in [0, 0.05) is 10.8 Å². The van der Waals surface area contributed by atoms with Gasteiger partial charge in [0.1, 0.15) is 9.36 Å². The van der Waals surface area contributed by atoms with E-state index in [1.807, 2.05) is 0 Å². The van der Waals surface area contributed by atoms with E-state index < -0.39 is 19.2 Å². The van der Waals surface area contributed by atoms with E-state index in [-0.39, 0.29) is 5.75 Å². The standard InChI is InChI=1S/C10H12ClIO3S/c1-2-16(14,15)10(12)9(13)7-3-5-8(11)6-4-7/h3-6,9-10,13H,2H2,1H3/t9-,10-/m0/s1. The Kier molecular flexibility index (Phi) is 5.03. The molecule has 0 aliphatic heterocycles. The quantitative estimate of drug-likeness (QED) is 0.651. The maximum atomic E-state index is 11.6. The van der Waals surface area contributed by atoms with Crippen LogP contribution in [0.3, 0.4) is 0 Å². The number of benzene rings is 1. The van der Waals surface area contributed by atoms with Crippen molar-refractivity contribution in [2.75, 3.05) is 5.75 Å². The second kappa shape index (κ2) is 5.66. The van der Waals surface area contributed by atoms with Crippen molar-refractivity contribution in [3.63, 3.8) is 0 Å². The van der Waals surface area contributed by atoms with E-state index in [9.17, 15) is 13.5 Å². The summed E-state index contributed by atoms with van der Waals surface area (Å²) in [5, 5.41) is 10.5. The fraction of sp³-hybridized carbons (Fsp3) is 0.400. The molecule has 0 bridgehead atoms.